The third kappa shape index (κ3) is 3.39. The van der Waals surface area contributed by atoms with Crippen molar-refractivity contribution in [1.29, 1.82) is 0 Å². The van der Waals surface area contributed by atoms with Gasteiger partial charge in [-0.3, -0.25) is 9.59 Å². The van der Waals surface area contributed by atoms with E-state index in [2.05, 4.69) is 4.98 Å². The maximum absolute atomic E-state index is 12.6. The normalized spacial score (nSPS) is 12.8. The van der Waals surface area contributed by atoms with Gasteiger partial charge in [-0.15, -0.1) is 0 Å². The zero-order valence-corrected chi connectivity index (χ0v) is 15.4. The first-order chi connectivity index (χ1) is 13.6. The molecular weight excluding hydrogens is 376 g/mol. The van der Waals surface area contributed by atoms with Crippen molar-refractivity contribution in [2.75, 3.05) is 6.73 Å². The van der Waals surface area contributed by atoms with Gasteiger partial charge in [0, 0.05) is 11.1 Å². The second-order valence-corrected chi connectivity index (χ2v) is 6.98. The minimum Gasteiger partial charge on any atom is -0.440 e. The molecule has 0 aliphatic carbocycles. The predicted octanol–water partition coefficient (Wildman–Crippen LogP) is 3.64. The van der Waals surface area contributed by atoms with Crippen molar-refractivity contribution in [2.24, 2.45) is 0 Å². The summed E-state index contributed by atoms with van der Waals surface area (Å²) in [5.74, 6) is -1.60. The molecule has 7 heteroatoms. The van der Waals surface area contributed by atoms with E-state index < -0.39 is 24.5 Å². The van der Waals surface area contributed by atoms with Crippen LogP contribution in [0.5, 0.6) is 0 Å². The van der Waals surface area contributed by atoms with Crippen LogP contribution in [0, 0.1) is 0 Å². The smallest absolute Gasteiger partial charge is 0.342 e. The van der Waals surface area contributed by atoms with Gasteiger partial charge in [-0.25, -0.2) is 14.7 Å². The Bertz CT molecular complexity index is 1030. The summed E-state index contributed by atoms with van der Waals surface area (Å²) >= 11 is 1.33. The Kier molecular flexibility index (Phi) is 4.90. The van der Waals surface area contributed by atoms with E-state index >= 15 is 0 Å². The molecule has 6 nitrogen and oxygen atoms in total. The Morgan fingerprint density at radius 2 is 1.54 bits per heavy atom. The van der Waals surface area contributed by atoms with Gasteiger partial charge >= 0.3 is 5.97 Å². The van der Waals surface area contributed by atoms with Crippen LogP contribution in [-0.2, 0) is 4.74 Å². The van der Waals surface area contributed by atoms with E-state index in [-0.39, 0.29) is 5.56 Å². The fourth-order valence-corrected chi connectivity index (χ4v) is 3.68. The third-order valence-electron chi connectivity index (χ3n) is 4.15. The Morgan fingerprint density at radius 1 is 0.893 bits per heavy atom. The molecule has 2 aromatic carbocycles. The molecule has 28 heavy (non-hydrogen) atoms. The van der Waals surface area contributed by atoms with Gasteiger partial charge in [-0.2, -0.15) is 0 Å². The molecule has 0 bridgehead atoms. The van der Waals surface area contributed by atoms with Gasteiger partial charge in [0.05, 0.1) is 16.7 Å². The van der Waals surface area contributed by atoms with E-state index in [1.165, 1.54) is 11.8 Å². The number of fused-ring (bicyclic) bond motifs is 1. The van der Waals surface area contributed by atoms with Crippen LogP contribution in [0.15, 0.2) is 82.8 Å². The molecule has 3 aromatic rings. The number of hydrogen-bond acceptors (Lipinski definition) is 6. The average Bonchev–Trinajstić information content (AvgIpc) is 2.98. The summed E-state index contributed by atoms with van der Waals surface area (Å²) in [6.45, 7) is -0.449. The second kappa shape index (κ2) is 7.66. The van der Waals surface area contributed by atoms with E-state index in [1.54, 1.807) is 42.6 Å². The van der Waals surface area contributed by atoms with Gasteiger partial charge in [0.15, 0.2) is 6.73 Å². The minimum atomic E-state index is -0.650. The number of carbonyl (C=O) groups excluding carboxylic acids is 3. The fraction of sp³-hybridized carbons (Fsp3) is 0.0476. The molecule has 1 aliphatic heterocycles. The number of benzene rings is 2. The largest absolute Gasteiger partial charge is 0.440 e. The number of esters is 1. The lowest BCUT2D eigenvalue weighted by Gasteiger charge is -2.14. The van der Waals surface area contributed by atoms with Gasteiger partial charge in [0.2, 0.25) is 0 Å². The number of pyridine rings is 1. The highest BCUT2D eigenvalue weighted by Gasteiger charge is 2.36. The first-order valence-electron chi connectivity index (χ1n) is 8.45. The molecule has 0 saturated heterocycles. The van der Waals surface area contributed by atoms with Gasteiger partial charge < -0.3 is 4.74 Å². The first kappa shape index (κ1) is 17.9. The number of hydrogen-bond donors (Lipinski definition) is 0. The highest BCUT2D eigenvalue weighted by atomic mass is 32.2. The lowest BCUT2D eigenvalue weighted by Crippen LogP contribution is -2.33. The van der Waals surface area contributed by atoms with Crippen LogP contribution < -0.4 is 0 Å². The van der Waals surface area contributed by atoms with Crippen molar-refractivity contribution in [3.05, 3.63) is 89.6 Å². The first-order valence-corrected chi connectivity index (χ1v) is 9.27. The summed E-state index contributed by atoms with van der Waals surface area (Å²) in [7, 11) is 0. The predicted molar refractivity (Wildman–Crippen MR) is 102 cm³/mol. The molecule has 2 heterocycles. The number of nitrogens with zero attached hydrogens (tertiary/aromatic N) is 2. The molecule has 0 fully saturated rings. The van der Waals surface area contributed by atoms with E-state index in [0.717, 1.165) is 9.80 Å². The lowest BCUT2D eigenvalue weighted by molar-refractivity contribution is 0.0225. The zero-order chi connectivity index (χ0) is 19.5. The van der Waals surface area contributed by atoms with Crippen LogP contribution in [0.1, 0.15) is 31.1 Å². The second-order valence-electron chi connectivity index (χ2n) is 5.92. The van der Waals surface area contributed by atoms with E-state index in [9.17, 15) is 14.4 Å². The molecule has 0 saturated carbocycles. The molecule has 1 aromatic heterocycles. The number of imide groups is 1. The summed E-state index contributed by atoms with van der Waals surface area (Å²) in [4.78, 5) is 43.4. The van der Waals surface area contributed by atoms with Crippen molar-refractivity contribution < 1.29 is 19.1 Å². The van der Waals surface area contributed by atoms with Crippen LogP contribution in [0.25, 0.3) is 0 Å². The van der Waals surface area contributed by atoms with Crippen molar-refractivity contribution in [3.63, 3.8) is 0 Å². The molecule has 138 valence electrons. The van der Waals surface area contributed by atoms with Gasteiger partial charge in [-0.05, 0) is 36.4 Å². The highest BCUT2D eigenvalue weighted by Crippen LogP contribution is 2.29. The van der Waals surface area contributed by atoms with Crippen molar-refractivity contribution in [3.8, 4) is 0 Å². The zero-order valence-electron chi connectivity index (χ0n) is 14.6. The molecule has 0 N–H and O–H groups in total. The maximum atomic E-state index is 12.6. The quantitative estimate of drug-likeness (QED) is 0.489. The minimum absolute atomic E-state index is 0.271. The topological polar surface area (TPSA) is 76.6 Å². The number of aromatic nitrogens is 1. The maximum Gasteiger partial charge on any atom is 0.342 e. The molecular formula is C21H14N2O4S. The van der Waals surface area contributed by atoms with E-state index in [1.807, 2.05) is 30.3 Å². The highest BCUT2D eigenvalue weighted by molar-refractivity contribution is 7.99. The number of rotatable bonds is 5. The number of amides is 2. The summed E-state index contributed by atoms with van der Waals surface area (Å²) in [6.07, 6.45) is 1.59. The molecule has 4 rings (SSSR count). The number of ether oxygens (including phenoxy) is 1. The van der Waals surface area contributed by atoms with Gasteiger partial charge in [0.25, 0.3) is 11.8 Å². The van der Waals surface area contributed by atoms with E-state index in [4.69, 9.17) is 4.74 Å². The van der Waals surface area contributed by atoms with Gasteiger partial charge in [0.1, 0.15) is 5.03 Å². The Hall–Kier alpha value is -3.45. The average molecular weight is 390 g/mol. The molecule has 0 unspecified atom stereocenters. The van der Waals surface area contributed by atoms with E-state index in [0.29, 0.717) is 16.2 Å². The van der Waals surface area contributed by atoms with Crippen LogP contribution in [0.4, 0.5) is 0 Å². The molecule has 2 amide bonds. The van der Waals surface area contributed by atoms with Crippen LogP contribution in [-0.4, -0.2) is 34.4 Å². The van der Waals surface area contributed by atoms with Crippen LogP contribution >= 0.6 is 11.8 Å². The summed E-state index contributed by atoms with van der Waals surface area (Å²) < 4.78 is 5.25. The van der Waals surface area contributed by atoms with Crippen molar-refractivity contribution in [2.45, 2.75) is 9.92 Å². The van der Waals surface area contributed by atoms with Crippen molar-refractivity contribution >= 4 is 29.5 Å². The Labute approximate surface area is 165 Å². The standard InChI is InChI=1S/C21H14N2O4S/c24-19-15-9-4-5-10-16(15)20(25)23(19)13-27-21(26)17-11-6-12-22-18(17)28-14-7-2-1-3-8-14/h1-12H,13H2. The Morgan fingerprint density at radius 3 is 2.21 bits per heavy atom. The third-order valence-corrected chi connectivity index (χ3v) is 5.18. The molecule has 0 radical (unpaired) electrons. The molecule has 0 atom stereocenters. The molecule has 0 spiro atoms. The monoisotopic (exact) mass is 390 g/mol. The summed E-state index contributed by atoms with van der Waals surface area (Å²) in [6, 6.07) is 19.3. The van der Waals surface area contributed by atoms with Crippen LogP contribution in [0.3, 0.4) is 0 Å². The van der Waals surface area contributed by atoms with Gasteiger partial charge in [-0.1, -0.05) is 42.1 Å². The van der Waals surface area contributed by atoms with Crippen LogP contribution in [0.2, 0.25) is 0 Å². The Balaban J connectivity index is 1.48. The fourth-order valence-electron chi connectivity index (χ4n) is 2.78. The summed E-state index contributed by atoms with van der Waals surface area (Å²) in [5, 5.41) is 0.487. The summed E-state index contributed by atoms with van der Waals surface area (Å²) in [5.41, 5.74) is 0.892. The van der Waals surface area contributed by atoms with Crippen molar-refractivity contribution in [1.82, 2.24) is 9.88 Å². The lowest BCUT2D eigenvalue weighted by atomic mass is 10.1. The number of carbonyl (C=O) groups is 3. The molecule has 1 aliphatic rings. The SMILES string of the molecule is O=C(OCN1C(=O)c2ccccc2C1=O)c1cccnc1Sc1ccccc1.